The highest BCUT2D eigenvalue weighted by Gasteiger charge is 2.21. The summed E-state index contributed by atoms with van der Waals surface area (Å²) in [6.45, 7) is 2.80. The molecular weight excluding hydrogens is 320 g/mol. The summed E-state index contributed by atoms with van der Waals surface area (Å²) >= 11 is 3.39. The lowest BCUT2D eigenvalue weighted by Crippen LogP contribution is -2.43. The number of likely N-dealkylation sites (tertiary alicyclic amines) is 1. The first-order chi connectivity index (χ1) is 9.56. The molecular formula is C15H19BrN2O2. The molecule has 1 heterocycles. The van der Waals surface area contributed by atoms with Crippen LogP contribution >= 0.6 is 15.9 Å². The molecule has 1 N–H and O–H groups in total. The molecule has 2 amide bonds. The van der Waals surface area contributed by atoms with Crippen LogP contribution in [0.1, 0.15) is 37.8 Å². The molecule has 5 heteroatoms. The molecule has 0 bridgehead atoms. The van der Waals surface area contributed by atoms with Crippen molar-refractivity contribution in [2.75, 3.05) is 13.1 Å². The number of hydrogen-bond donors (Lipinski definition) is 1. The number of piperidine rings is 1. The largest absolute Gasteiger partial charge is 0.348 e. The van der Waals surface area contributed by atoms with E-state index in [2.05, 4.69) is 21.2 Å². The van der Waals surface area contributed by atoms with Crippen molar-refractivity contribution in [3.63, 3.8) is 0 Å². The van der Waals surface area contributed by atoms with Crippen LogP contribution in [0.15, 0.2) is 28.7 Å². The Bertz CT molecular complexity index is 487. The van der Waals surface area contributed by atoms with Crippen LogP contribution < -0.4 is 5.32 Å². The van der Waals surface area contributed by atoms with Crippen LogP contribution in [0.5, 0.6) is 0 Å². The summed E-state index contributed by atoms with van der Waals surface area (Å²) in [6.07, 6.45) is 2.49. The molecule has 1 fully saturated rings. The molecule has 108 valence electrons. The minimum Gasteiger partial charge on any atom is -0.348 e. The molecule has 1 aromatic rings. The highest BCUT2D eigenvalue weighted by molar-refractivity contribution is 9.10. The number of hydrogen-bond acceptors (Lipinski definition) is 2. The van der Waals surface area contributed by atoms with Crippen molar-refractivity contribution in [3.8, 4) is 0 Å². The van der Waals surface area contributed by atoms with Crippen molar-refractivity contribution >= 4 is 27.7 Å². The van der Waals surface area contributed by atoms with Gasteiger partial charge in [-0.25, -0.2) is 0 Å². The first kappa shape index (κ1) is 15.0. The number of carbonyl (C=O) groups excluding carboxylic acids is 2. The van der Waals surface area contributed by atoms with Gasteiger partial charge in [0.2, 0.25) is 11.8 Å². The van der Waals surface area contributed by atoms with Crippen LogP contribution in [0.4, 0.5) is 0 Å². The van der Waals surface area contributed by atoms with Gasteiger partial charge >= 0.3 is 0 Å². The van der Waals surface area contributed by atoms with E-state index in [1.165, 1.54) is 0 Å². The second kappa shape index (κ2) is 6.88. The normalized spacial score (nSPS) is 16.9. The van der Waals surface area contributed by atoms with E-state index in [0.717, 1.165) is 22.9 Å². The van der Waals surface area contributed by atoms with Gasteiger partial charge in [0.1, 0.15) is 0 Å². The maximum absolute atomic E-state index is 12.0. The van der Waals surface area contributed by atoms with Gasteiger partial charge in [0.25, 0.3) is 0 Å². The third kappa shape index (κ3) is 4.07. The van der Waals surface area contributed by atoms with Crippen LogP contribution in [0, 0.1) is 0 Å². The van der Waals surface area contributed by atoms with Crippen molar-refractivity contribution in [1.82, 2.24) is 10.2 Å². The van der Waals surface area contributed by atoms with Gasteiger partial charge < -0.3 is 10.2 Å². The molecule has 4 nitrogen and oxygen atoms in total. The Hall–Kier alpha value is -1.36. The van der Waals surface area contributed by atoms with E-state index in [1.54, 1.807) is 4.90 Å². The van der Waals surface area contributed by atoms with E-state index >= 15 is 0 Å². The van der Waals surface area contributed by atoms with Crippen LogP contribution in [-0.2, 0) is 9.59 Å². The van der Waals surface area contributed by atoms with Crippen molar-refractivity contribution in [2.45, 2.75) is 32.2 Å². The monoisotopic (exact) mass is 338 g/mol. The van der Waals surface area contributed by atoms with Gasteiger partial charge in [-0.15, -0.1) is 0 Å². The Morgan fingerprint density at radius 2 is 2.05 bits per heavy atom. The van der Waals surface area contributed by atoms with Crippen molar-refractivity contribution in [2.24, 2.45) is 0 Å². The highest BCUT2D eigenvalue weighted by atomic mass is 79.9. The maximum Gasteiger partial charge on any atom is 0.240 e. The highest BCUT2D eigenvalue weighted by Crippen LogP contribution is 2.16. The van der Waals surface area contributed by atoms with E-state index in [1.807, 2.05) is 31.2 Å². The second-order valence-corrected chi connectivity index (χ2v) is 6.03. The molecule has 0 radical (unpaired) electrons. The lowest BCUT2D eigenvalue weighted by atomic mass is 10.1. The van der Waals surface area contributed by atoms with Gasteiger partial charge in [-0.05, 0) is 37.5 Å². The molecule has 0 aromatic heterocycles. The average molecular weight is 339 g/mol. The van der Waals surface area contributed by atoms with Crippen molar-refractivity contribution in [1.29, 1.82) is 0 Å². The second-order valence-electron chi connectivity index (χ2n) is 5.11. The number of halogens is 1. The van der Waals surface area contributed by atoms with Crippen LogP contribution in [0.25, 0.3) is 0 Å². The van der Waals surface area contributed by atoms with Crippen LogP contribution in [-0.4, -0.2) is 29.8 Å². The van der Waals surface area contributed by atoms with Crippen molar-refractivity contribution in [3.05, 3.63) is 34.3 Å². The fourth-order valence-electron chi connectivity index (χ4n) is 2.32. The Balaban J connectivity index is 1.87. The zero-order chi connectivity index (χ0) is 14.5. The van der Waals surface area contributed by atoms with E-state index in [4.69, 9.17) is 0 Å². The molecule has 1 aliphatic rings. The lowest BCUT2D eigenvalue weighted by Gasteiger charge is -2.26. The predicted molar refractivity (Wildman–Crippen MR) is 81.1 cm³/mol. The predicted octanol–water partition coefficient (Wildman–Crippen LogP) is 2.64. The minimum atomic E-state index is -0.101. The zero-order valence-electron chi connectivity index (χ0n) is 11.6. The molecule has 1 saturated heterocycles. The van der Waals surface area contributed by atoms with Gasteiger partial charge in [-0.1, -0.05) is 28.1 Å². The minimum absolute atomic E-state index is 0.0597. The quantitative estimate of drug-likeness (QED) is 0.917. The summed E-state index contributed by atoms with van der Waals surface area (Å²) < 4.78 is 1.01. The summed E-state index contributed by atoms with van der Waals surface area (Å²) in [4.78, 5) is 25.3. The third-order valence-electron chi connectivity index (χ3n) is 3.50. The fraction of sp³-hybridized carbons (Fsp3) is 0.467. The molecule has 1 aromatic carbocycles. The molecule has 0 spiro atoms. The molecule has 2 rings (SSSR count). The standard InChI is InChI=1S/C15H19BrN2O2/c1-11(12-5-7-13(16)8-6-12)17-14(19)10-18-9-3-2-4-15(18)20/h5-8,11H,2-4,9-10H2,1H3,(H,17,19). The molecule has 1 atom stereocenters. The molecule has 1 aliphatic heterocycles. The molecule has 20 heavy (non-hydrogen) atoms. The van der Waals surface area contributed by atoms with E-state index < -0.39 is 0 Å². The number of rotatable bonds is 4. The Kier molecular flexibility index (Phi) is 5.17. The molecule has 0 saturated carbocycles. The number of nitrogens with zero attached hydrogens (tertiary/aromatic N) is 1. The van der Waals surface area contributed by atoms with Gasteiger partial charge in [0.15, 0.2) is 0 Å². The number of carbonyl (C=O) groups is 2. The van der Waals surface area contributed by atoms with E-state index in [0.29, 0.717) is 13.0 Å². The first-order valence-electron chi connectivity index (χ1n) is 6.89. The van der Waals surface area contributed by atoms with Gasteiger partial charge in [-0.3, -0.25) is 9.59 Å². The summed E-state index contributed by atoms with van der Waals surface area (Å²) in [5, 5.41) is 2.94. The van der Waals surface area contributed by atoms with Gasteiger partial charge in [0, 0.05) is 17.4 Å². The summed E-state index contributed by atoms with van der Waals surface area (Å²) in [6, 6.07) is 7.79. The van der Waals surface area contributed by atoms with E-state index in [-0.39, 0.29) is 24.4 Å². The molecule has 1 unspecified atom stereocenters. The zero-order valence-corrected chi connectivity index (χ0v) is 13.1. The third-order valence-corrected chi connectivity index (χ3v) is 4.03. The Morgan fingerprint density at radius 3 is 2.70 bits per heavy atom. The topological polar surface area (TPSA) is 49.4 Å². The lowest BCUT2D eigenvalue weighted by molar-refractivity contribution is -0.138. The number of nitrogens with one attached hydrogen (secondary N) is 1. The van der Waals surface area contributed by atoms with E-state index in [9.17, 15) is 9.59 Å². The number of benzene rings is 1. The fourth-order valence-corrected chi connectivity index (χ4v) is 2.59. The van der Waals surface area contributed by atoms with Gasteiger partial charge in [-0.2, -0.15) is 0 Å². The smallest absolute Gasteiger partial charge is 0.240 e. The van der Waals surface area contributed by atoms with Crippen LogP contribution in [0.2, 0.25) is 0 Å². The first-order valence-corrected chi connectivity index (χ1v) is 7.68. The SMILES string of the molecule is CC(NC(=O)CN1CCCCC1=O)c1ccc(Br)cc1. The molecule has 0 aliphatic carbocycles. The summed E-state index contributed by atoms with van der Waals surface area (Å²) in [5.74, 6) is -0.0154. The number of amides is 2. The summed E-state index contributed by atoms with van der Waals surface area (Å²) in [7, 11) is 0. The average Bonchev–Trinajstić information content (AvgIpc) is 2.42. The van der Waals surface area contributed by atoms with Crippen molar-refractivity contribution < 1.29 is 9.59 Å². The Labute approximate surface area is 127 Å². The Morgan fingerprint density at radius 1 is 1.35 bits per heavy atom. The van der Waals surface area contributed by atoms with Crippen LogP contribution in [0.3, 0.4) is 0 Å². The summed E-state index contributed by atoms with van der Waals surface area (Å²) in [5.41, 5.74) is 1.05. The van der Waals surface area contributed by atoms with Gasteiger partial charge in [0.05, 0.1) is 12.6 Å². The maximum atomic E-state index is 12.0.